The molecule has 18 heavy (non-hydrogen) atoms. The first-order valence-corrected chi connectivity index (χ1v) is 7.28. The third-order valence-electron chi connectivity index (χ3n) is 3.22. The van der Waals surface area contributed by atoms with E-state index in [4.69, 9.17) is 23.2 Å². The summed E-state index contributed by atoms with van der Waals surface area (Å²) in [5.74, 6) is 0.695. The van der Waals surface area contributed by atoms with Crippen molar-refractivity contribution in [3.05, 3.63) is 20.6 Å². The van der Waals surface area contributed by atoms with Crippen LogP contribution in [0, 0.1) is 0 Å². The van der Waals surface area contributed by atoms with Crippen molar-refractivity contribution >= 4 is 39.1 Å². The number of aromatic nitrogens is 2. The first-order chi connectivity index (χ1) is 8.47. The van der Waals surface area contributed by atoms with Gasteiger partial charge in [-0.1, -0.05) is 23.2 Å². The van der Waals surface area contributed by atoms with Crippen LogP contribution in [0.1, 0.15) is 5.82 Å². The molecule has 0 saturated carbocycles. The first kappa shape index (κ1) is 14.5. The van der Waals surface area contributed by atoms with Crippen molar-refractivity contribution in [1.82, 2.24) is 19.8 Å². The second-order valence-electron chi connectivity index (χ2n) is 4.64. The summed E-state index contributed by atoms with van der Waals surface area (Å²) in [6, 6.07) is 0.400. The molecule has 1 saturated heterocycles. The van der Waals surface area contributed by atoms with Gasteiger partial charge in [0.05, 0.1) is 4.47 Å². The van der Waals surface area contributed by atoms with Crippen LogP contribution in [0.5, 0.6) is 0 Å². The van der Waals surface area contributed by atoms with E-state index in [1.165, 1.54) is 0 Å². The predicted octanol–water partition coefficient (Wildman–Crippen LogP) is 2.33. The number of piperazine rings is 1. The van der Waals surface area contributed by atoms with Crippen LogP contribution in [0.4, 0.5) is 0 Å². The lowest BCUT2D eigenvalue weighted by Gasteiger charge is -2.37. The van der Waals surface area contributed by atoms with Gasteiger partial charge in [0.1, 0.15) is 16.1 Å². The largest absolute Gasteiger partial charge is 0.304 e. The summed E-state index contributed by atoms with van der Waals surface area (Å²) in [4.78, 5) is 13.2. The maximum absolute atomic E-state index is 6.00. The van der Waals surface area contributed by atoms with Gasteiger partial charge in [0.15, 0.2) is 0 Å². The number of hydrogen-bond acceptors (Lipinski definition) is 4. The molecule has 1 fully saturated rings. The van der Waals surface area contributed by atoms with E-state index in [0.717, 1.165) is 26.1 Å². The molecule has 1 unspecified atom stereocenters. The zero-order valence-electron chi connectivity index (χ0n) is 10.3. The number of rotatable bonds is 2. The maximum atomic E-state index is 6.00. The van der Waals surface area contributed by atoms with Crippen LogP contribution < -0.4 is 0 Å². The molecule has 1 aromatic heterocycles. The molecule has 100 valence electrons. The number of likely N-dealkylation sites (N-methyl/N-ethyl adjacent to an activating group) is 2. The average molecular weight is 354 g/mol. The van der Waals surface area contributed by atoms with E-state index in [9.17, 15) is 0 Å². The fourth-order valence-electron chi connectivity index (χ4n) is 2.06. The van der Waals surface area contributed by atoms with Gasteiger partial charge >= 0.3 is 0 Å². The zero-order valence-corrected chi connectivity index (χ0v) is 13.4. The molecule has 0 N–H and O–H groups in total. The van der Waals surface area contributed by atoms with E-state index >= 15 is 0 Å². The van der Waals surface area contributed by atoms with Crippen LogP contribution in [0.15, 0.2) is 4.47 Å². The molecule has 0 bridgehead atoms. The standard InChI is InChI=1S/C11H15BrCl2N4/c1-17-3-4-18(2)7(6-17)5-8-15-10(13)9(12)11(14)16-8/h7H,3-6H2,1-2H3. The summed E-state index contributed by atoms with van der Waals surface area (Å²) in [7, 11) is 4.25. The summed E-state index contributed by atoms with van der Waals surface area (Å²) in [6.45, 7) is 3.15. The summed E-state index contributed by atoms with van der Waals surface area (Å²) < 4.78 is 0.559. The lowest BCUT2D eigenvalue weighted by Crippen LogP contribution is -2.50. The van der Waals surface area contributed by atoms with E-state index in [2.05, 4.69) is 49.8 Å². The molecule has 0 aromatic carbocycles. The number of hydrogen-bond donors (Lipinski definition) is 0. The molecule has 7 heteroatoms. The van der Waals surface area contributed by atoms with Crippen LogP contribution in [0.2, 0.25) is 10.3 Å². The normalized spacial score (nSPS) is 22.4. The maximum Gasteiger partial charge on any atom is 0.148 e. The molecule has 0 amide bonds. The fourth-order valence-corrected chi connectivity index (χ4v) is 2.66. The highest BCUT2D eigenvalue weighted by molar-refractivity contribution is 9.10. The molecule has 0 radical (unpaired) electrons. The Morgan fingerprint density at radius 3 is 2.44 bits per heavy atom. The van der Waals surface area contributed by atoms with E-state index in [-0.39, 0.29) is 0 Å². The Labute approximate surface area is 125 Å². The molecule has 0 aliphatic carbocycles. The van der Waals surface area contributed by atoms with Crippen molar-refractivity contribution in [3.63, 3.8) is 0 Å². The van der Waals surface area contributed by atoms with Gasteiger partial charge in [0, 0.05) is 32.1 Å². The molecular formula is C11H15BrCl2N4. The number of nitrogens with zero attached hydrogens (tertiary/aromatic N) is 4. The van der Waals surface area contributed by atoms with Gasteiger partial charge in [-0.25, -0.2) is 9.97 Å². The van der Waals surface area contributed by atoms with Gasteiger partial charge in [-0.2, -0.15) is 0 Å². The highest BCUT2D eigenvalue weighted by Gasteiger charge is 2.24. The minimum Gasteiger partial charge on any atom is -0.304 e. The fraction of sp³-hybridized carbons (Fsp3) is 0.636. The minimum atomic E-state index is 0.372. The number of halogens is 3. The van der Waals surface area contributed by atoms with Crippen LogP contribution >= 0.6 is 39.1 Å². The minimum absolute atomic E-state index is 0.372. The van der Waals surface area contributed by atoms with Crippen LogP contribution in [0.3, 0.4) is 0 Å². The Morgan fingerprint density at radius 1 is 1.22 bits per heavy atom. The Kier molecular flexibility index (Phi) is 4.83. The van der Waals surface area contributed by atoms with Crippen LogP contribution in [0.25, 0.3) is 0 Å². The molecule has 1 aliphatic heterocycles. The third kappa shape index (κ3) is 3.33. The van der Waals surface area contributed by atoms with Crippen molar-refractivity contribution in [2.24, 2.45) is 0 Å². The summed E-state index contributed by atoms with van der Waals surface area (Å²) >= 11 is 15.2. The van der Waals surface area contributed by atoms with E-state index in [1.807, 2.05) is 0 Å². The third-order valence-corrected chi connectivity index (χ3v) is 4.97. The predicted molar refractivity (Wildman–Crippen MR) is 77.4 cm³/mol. The highest BCUT2D eigenvalue weighted by Crippen LogP contribution is 2.27. The molecule has 2 rings (SSSR count). The molecule has 4 nitrogen and oxygen atoms in total. The lowest BCUT2D eigenvalue weighted by molar-refractivity contribution is 0.113. The Balaban J connectivity index is 2.13. The molecule has 1 aliphatic rings. The van der Waals surface area contributed by atoms with Crippen molar-refractivity contribution in [2.75, 3.05) is 33.7 Å². The van der Waals surface area contributed by atoms with Crippen molar-refractivity contribution in [2.45, 2.75) is 12.5 Å². The summed E-state index contributed by atoms with van der Waals surface area (Å²) in [5.41, 5.74) is 0. The Bertz CT molecular complexity index is 420. The molecular weight excluding hydrogens is 339 g/mol. The molecule has 1 atom stereocenters. The van der Waals surface area contributed by atoms with E-state index < -0.39 is 0 Å². The zero-order chi connectivity index (χ0) is 13.3. The summed E-state index contributed by atoms with van der Waals surface area (Å²) in [6.07, 6.45) is 0.758. The molecule has 0 spiro atoms. The molecule has 1 aromatic rings. The summed E-state index contributed by atoms with van der Waals surface area (Å²) in [5, 5.41) is 0.744. The van der Waals surface area contributed by atoms with Crippen molar-refractivity contribution in [1.29, 1.82) is 0 Å². The topological polar surface area (TPSA) is 32.3 Å². The molecule has 2 heterocycles. The van der Waals surface area contributed by atoms with Crippen LogP contribution in [-0.2, 0) is 6.42 Å². The van der Waals surface area contributed by atoms with Crippen molar-refractivity contribution < 1.29 is 0 Å². The van der Waals surface area contributed by atoms with E-state index in [1.54, 1.807) is 0 Å². The van der Waals surface area contributed by atoms with Gasteiger partial charge in [0.25, 0.3) is 0 Å². The SMILES string of the molecule is CN1CCN(C)C(Cc2nc(Cl)c(Br)c(Cl)n2)C1. The van der Waals surface area contributed by atoms with Gasteiger partial charge in [-0.15, -0.1) is 0 Å². The Morgan fingerprint density at radius 2 is 1.83 bits per heavy atom. The second-order valence-corrected chi connectivity index (χ2v) is 6.15. The smallest absolute Gasteiger partial charge is 0.148 e. The van der Waals surface area contributed by atoms with E-state index in [0.29, 0.717) is 26.6 Å². The van der Waals surface area contributed by atoms with Crippen LogP contribution in [-0.4, -0.2) is 59.5 Å². The lowest BCUT2D eigenvalue weighted by atomic mass is 10.1. The van der Waals surface area contributed by atoms with Gasteiger partial charge in [-0.3, -0.25) is 0 Å². The van der Waals surface area contributed by atoms with Gasteiger partial charge in [0.2, 0.25) is 0 Å². The average Bonchev–Trinajstić information content (AvgIpc) is 2.31. The van der Waals surface area contributed by atoms with Gasteiger partial charge < -0.3 is 9.80 Å². The highest BCUT2D eigenvalue weighted by atomic mass is 79.9. The van der Waals surface area contributed by atoms with Gasteiger partial charge in [-0.05, 0) is 30.0 Å². The first-order valence-electron chi connectivity index (χ1n) is 5.73. The monoisotopic (exact) mass is 352 g/mol. The quantitative estimate of drug-likeness (QED) is 0.764. The Hall–Kier alpha value is 0.0600. The second kappa shape index (κ2) is 6.01. The van der Waals surface area contributed by atoms with Crippen molar-refractivity contribution in [3.8, 4) is 0 Å².